The van der Waals surface area contributed by atoms with Gasteiger partial charge in [-0.05, 0) is 43.4 Å². The molecule has 0 saturated heterocycles. The SMILES string of the molecule is Nc1cc2c(cc1NC1(CO)CCC1)NC(=O)CC2. The lowest BCUT2D eigenvalue weighted by molar-refractivity contribution is -0.116. The van der Waals surface area contributed by atoms with Gasteiger partial charge >= 0.3 is 0 Å². The van der Waals surface area contributed by atoms with E-state index in [1.165, 1.54) is 0 Å². The number of benzene rings is 1. The Bertz CT molecular complexity index is 518. The summed E-state index contributed by atoms with van der Waals surface area (Å²) in [6.07, 6.45) is 4.27. The number of aliphatic hydroxyl groups excluding tert-OH is 1. The molecule has 5 nitrogen and oxygen atoms in total. The highest BCUT2D eigenvalue weighted by molar-refractivity contribution is 5.95. The number of carbonyl (C=O) groups excluding carboxylic acids is 1. The van der Waals surface area contributed by atoms with Crippen molar-refractivity contribution in [1.82, 2.24) is 0 Å². The van der Waals surface area contributed by atoms with E-state index in [0.717, 1.165) is 42.6 Å². The van der Waals surface area contributed by atoms with Gasteiger partial charge in [-0.2, -0.15) is 0 Å². The molecule has 1 heterocycles. The summed E-state index contributed by atoms with van der Waals surface area (Å²) in [5, 5.41) is 15.7. The number of hydrogen-bond acceptors (Lipinski definition) is 4. The number of rotatable bonds is 3. The van der Waals surface area contributed by atoms with Gasteiger partial charge in [0.1, 0.15) is 0 Å². The van der Waals surface area contributed by atoms with Gasteiger partial charge in [0.15, 0.2) is 0 Å². The minimum atomic E-state index is -0.235. The van der Waals surface area contributed by atoms with E-state index in [1.54, 1.807) is 0 Å². The number of nitrogens with two attached hydrogens (primary N) is 1. The first kappa shape index (κ1) is 12.3. The summed E-state index contributed by atoms with van der Waals surface area (Å²) in [4.78, 5) is 11.4. The molecule has 1 saturated carbocycles. The highest BCUT2D eigenvalue weighted by Crippen LogP contribution is 2.38. The Morgan fingerprint density at radius 3 is 2.79 bits per heavy atom. The number of hydrogen-bond donors (Lipinski definition) is 4. The third kappa shape index (κ3) is 2.14. The van der Waals surface area contributed by atoms with Crippen molar-refractivity contribution in [2.24, 2.45) is 0 Å². The monoisotopic (exact) mass is 261 g/mol. The van der Waals surface area contributed by atoms with Gasteiger partial charge in [-0.1, -0.05) is 0 Å². The molecule has 1 aliphatic carbocycles. The van der Waals surface area contributed by atoms with Crippen LogP contribution in [-0.4, -0.2) is 23.2 Å². The zero-order valence-corrected chi connectivity index (χ0v) is 10.8. The van der Waals surface area contributed by atoms with Gasteiger partial charge in [0.25, 0.3) is 0 Å². The lowest BCUT2D eigenvalue weighted by atomic mass is 9.77. The van der Waals surface area contributed by atoms with Crippen LogP contribution in [0, 0.1) is 0 Å². The number of nitrogen functional groups attached to an aromatic ring is 1. The maximum absolute atomic E-state index is 11.4. The summed E-state index contributed by atoms with van der Waals surface area (Å²) in [7, 11) is 0. The van der Waals surface area contributed by atoms with E-state index >= 15 is 0 Å². The maximum Gasteiger partial charge on any atom is 0.224 e. The molecule has 0 spiro atoms. The van der Waals surface area contributed by atoms with Gasteiger partial charge in [-0.3, -0.25) is 4.79 Å². The number of anilines is 3. The summed E-state index contributed by atoms with van der Waals surface area (Å²) in [6.45, 7) is 0.107. The van der Waals surface area contributed by atoms with Crippen molar-refractivity contribution in [2.45, 2.75) is 37.6 Å². The molecule has 1 aliphatic heterocycles. The first-order valence-electron chi connectivity index (χ1n) is 6.73. The fourth-order valence-electron chi connectivity index (χ4n) is 2.77. The number of aliphatic hydroxyl groups is 1. The maximum atomic E-state index is 11.4. The van der Waals surface area contributed by atoms with Crippen LogP contribution < -0.4 is 16.4 Å². The lowest BCUT2D eigenvalue weighted by Crippen LogP contribution is -2.48. The Balaban J connectivity index is 1.89. The number of fused-ring (bicyclic) bond motifs is 1. The van der Waals surface area contributed by atoms with Crippen molar-refractivity contribution in [1.29, 1.82) is 0 Å². The van der Waals surface area contributed by atoms with E-state index in [-0.39, 0.29) is 18.1 Å². The molecular weight excluding hydrogens is 242 g/mol. The van der Waals surface area contributed by atoms with Crippen molar-refractivity contribution in [2.75, 3.05) is 23.0 Å². The average Bonchev–Trinajstić information content (AvgIpc) is 2.35. The van der Waals surface area contributed by atoms with Crippen molar-refractivity contribution in [3.63, 3.8) is 0 Å². The Hall–Kier alpha value is -1.75. The quantitative estimate of drug-likeness (QED) is 0.621. The van der Waals surface area contributed by atoms with Crippen molar-refractivity contribution in [3.8, 4) is 0 Å². The standard InChI is InChI=1S/C14H19N3O2/c15-10-6-9-2-3-13(19)16-11(9)7-12(10)17-14(8-18)4-1-5-14/h6-7,17-18H,1-5,8,15H2,(H,16,19). The molecule has 5 N–H and O–H groups in total. The second-order valence-corrected chi connectivity index (χ2v) is 5.56. The van der Waals surface area contributed by atoms with Crippen molar-refractivity contribution >= 4 is 23.0 Å². The zero-order valence-electron chi connectivity index (χ0n) is 10.8. The molecule has 1 fully saturated rings. The second kappa shape index (κ2) is 4.42. The molecule has 0 aromatic heterocycles. The van der Waals surface area contributed by atoms with E-state index in [9.17, 15) is 9.90 Å². The predicted octanol–water partition coefficient (Wildman–Crippen LogP) is 1.48. The van der Waals surface area contributed by atoms with Crippen LogP contribution in [0.15, 0.2) is 12.1 Å². The summed E-state index contributed by atoms with van der Waals surface area (Å²) in [5.74, 6) is 0.0451. The van der Waals surface area contributed by atoms with Gasteiger partial charge in [-0.15, -0.1) is 0 Å². The molecule has 1 amide bonds. The van der Waals surface area contributed by atoms with Gasteiger partial charge < -0.3 is 21.5 Å². The molecule has 5 heteroatoms. The highest BCUT2D eigenvalue weighted by atomic mass is 16.3. The third-order valence-corrected chi connectivity index (χ3v) is 4.18. The van der Waals surface area contributed by atoms with E-state index in [2.05, 4.69) is 10.6 Å². The summed E-state index contributed by atoms with van der Waals surface area (Å²) in [6, 6.07) is 3.80. The first-order chi connectivity index (χ1) is 9.12. The second-order valence-electron chi connectivity index (χ2n) is 5.56. The van der Waals surface area contributed by atoms with Crippen LogP contribution in [0.5, 0.6) is 0 Å². The summed E-state index contributed by atoms with van der Waals surface area (Å²) >= 11 is 0. The van der Waals surface area contributed by atoms with Crippen LogP contribution >= 0.6 is 0 Å². The smallest absolute Gasteiger partial charge is 0.224 e. The summed E-state index contributed by atoms with van der Waals surface area (Å²) in [5.41, 5.74) is 9.22. The van der Waals surface area contributed by atoms with Gasteiger partial charge in [-0.25, -0.2) is 0 Å². The third-order valence-electron chi connectivity index (χ3n) is 4.18. The largest absolute Gasteiger partial charge is 0.397 e. The van der Waals surface area contributed by atoms with Crippen molar-refractivity contribution in [3.05, 3.63) is 17.7 Å². The molecule has 3 rings (SSSR count). The normalized spacial score (nSPS) is 20.2. The Labute approximate surface area is 112 Å². The Morgan fingerprint density at radius 2 is 2.16 bits per heavy atom. The molecule has 1 aromatic rings. The highest BCUT2D eigenvalue weighted by Gasteiger charge is 2.36. The van der Waals surface area contributed by atoms with Crippen LogP contribution in [0.3, 0.4) is 0 Å². The minimum Gasteiger partial charge on any atom is -0.397 e. The average molecular weight is 261 g/mol. The number of aryl methyl sites for hydroxylation is 1. The van der Waals surface area contributed by atoms with Gasteiger partial charge in [0.2, 0.25) is 5.91 Å². The predicted molar refractivity (Wildman–Crippen MR) is 75.1 cm³/mol. The first-order valence-corrected chi connectivity index (χ1v) is 6.73. The van der Waals surface area contributed by atoms with Crippen LogP contribution in [0.4, 0.5) is 17.1 Å². The van der Waals surface area contributed by atoms with Crippen LogP contribution in [0.2, 0.25) is 0 Å². The van der Waals surface area contributed by atoms with E-state index < -0.39 is 0 Å². The number of nitrogens with one attached hydrogen (secondary N) is 2. The lowest BCUT2D eigenvalue weighted by Gasteiger charge is -2.42. The van der Waals surface area contributed by atoms with Crippen molar-refractivity contribution < 1.29 is 9.90 Å². The Kier molecular flexibility index (Phi) is 2.86. The number of carbonyl (C=O) groups is 1. The Morgan fingerprint density at radius 1 is 1.37 bits per heavy atom. The molecule has 102 valence electrons. The fourth-order valence-corrected chi connectivity index (χ4v) is 2.77. The molecule has 2 aliphatic rings. The molecule has 0 atom stereocenters. The van der Waals surface area contributed by atoms with E-state index in [1.807, 2.05) is 12.1 Å². The summed E-state index contributed by atoms with van der Waals surface area (Å²) < 4.78 is 0. The topological polar surface area (TPSA) is 87.4 Å². The van der Waals surface area contributed by atoms with Crippen LogP contribution in [0.1, 0.15) is 31.2 Å². The van der Waals surface area contributed by atoms with E-state index in [4.69, 9.17) is 5.73 Å². The van der Waals surface area contributed by atoms with Gasteiger partial charge in [0.05, 0.1) is 23.5 Å². The van der Waals surface area contributed by atoms with Crippen LogP contribution in [0.25, 0.3) is 0 Å². The minimum absolute atomic E-state index is 0.0451. The molecule has 0 radical (unpaired) electrons. The molecule has 19 heavy (non-hydrogen) atoms. The molecule has 0 bridgehead atoms. The fraction of sp³-hybridized carbons (Fsp3) is 0.500. The molecular formula is C14H19N3O2. The zero-order chi connectivity index (χ0) is 13.5. The van der Waals surface area contributed by atoms with Gasteiger partial charge in [0, 0.05) is 12.1 Å². The molecule has 1 aromatic carbocycles. The van der Waals surface area contributed by atoms with E-state index in [0.29, 0.717) is 12.1 Å². The molecule has 0 unspecified atom stereocenters. The number of amides is 1. The van der Waals surface area contributed by atoms with Crippen LogP contribution in [-0.2, 0) is 11.2 Å².